The maximum atomic E-state index is 14.5. The largest absolute Gasteiger partial charge is 0.478 e. The normalized spacial score (nSPS) is 10.8. The molecule has 0 aliphatic heterocycles. The number of carbonyl (C=O) groups is 1. The van der Waals surface area contributed by atoms with Crippen LogP contribution in [-0.2, 0) is 0 Å². The highest BCUT2D eigenvalue weighted by molar-refractivity contribution is 6.02. The van der Waals surface area contributed by atoms with E-state index in [1.54, 1.807) is 41.2 Å². The molecule has 0 amide bonds. The summed E-state index contributed by atoms with van der Waals surface area (Å²) in [6.45, 7) is 0. The van der Waals surface area contributed by atoms with Gasteiger partial charge in [-0.3, -0.25) is 4.57 Å². The summed E-state index contributed by atoms with van der Waals surface area (Å²) in [4.78, 5) is 23.7. The van der Waals surface area contributed by atoms with Crippen molar-refractivity contribution in [2.45, 2.75) is 0 Å². The van der Waals surface area contributed by atoms with Gasteiger partial charge in [0.15, 0.2) is 11.6 Å². The Hall–Kier alpha value is -3.81. The fourth-order valence-electron chi connectivity index (χ4n) is 2.64. The van der Waals surface area contributed by atoms with Crippen LogP contribution in [0, 0.1) is 5.82 Å². The summed E-state index contributed by atoms with van der Waals surface area (Å²) in [6, 6.07) is 9.59. The lowest BCUT2D eigenvalue weighted by Gasteiger charge is -2.09. The van der Waals surface area contributed by atoms with Crippen molar-refractivity contribution in [2.24, 2.45) is 0 Å². The minimum absolute atomic E-state index is 0.0445. The first-order valence-corrected chi connectivity index (χ1v) is 7.67. The highest BCUT2D eigenvalue weighted by Crippen LogP contribution is 2.24. The zero-order chi connectivity index (χ0) is 18.1. The highest BCUT2D eigenvalue weighted by atomic mass is 19.1. The molecule has 0 unspecified atom stereocenters. The fourth-order valence-corrected chi connectivity index (χ4v) is 2.64. The van der Waals surface area contributed by atoms with Crippen LogP contribution in [-0.4, -0.2) is 30.6 Å². The smallest absolute Gasteiger partial charge is 0.336 e. The summed E-state index contributed by atoms with van der Waals surface area (Å²) in [6.07, 6.45) is 6.10. The summed E-state index contributed by atoms with van der Waals surface area (Å²) < 4.78 is 16.0. The van der Waals surface area contributed by atoms with Gasteiger partial charge in [-0.05, 0) is 24.3 Å². The predicted molar refractivity (Wildman–Crippen MR) is 93.3 cm³/mol. The standard InChI is InChI=1S/C18H12FN5O2/c19-14-9-11(10-22-16(14)23-15-3-1-2-6-20-15)24-8-5-12-13(18(25)26)4-7-21-17(12)24/h1-10H,(H,25,26)(H,20,22,23). The van der Waals surface area contributed by atoms with Gasteiger partial charge in [-0.25, -0.2) is 24.1 Å². The Balaban J connectivity index is 1.73. The molecule has 0 fully saturated rings. The first kappa shape index (κ1) is 15.7. The van der Waals surface area contributed by atoms with E-state index in [1.807, 2.05) is 0 Å². The Bertz CT molecular complexity index is 1110. The van der Waals surface area contributed by atoms with Gasteiger partial charge in [-0.2, -0.15) is 0 Å². The number of halogens is 1. The number of hydrogen-bond donors (Lipinski definition) is 2. The second-order valence-electron chi connectivity index (χ2n) is 5.45. The molecule has 0 saturated carbocycles. The number of pyridine rings is 3. The van der Waals surface area contributed by atoms with E-state index in [2.05, 4.69) is 20.3 Å². The summed E-state index contributed by atoms with van der Waals surface area (Å²) in [7, 11) is 0. The van der Waals surface area contributed by atoms with Crippen molar-refractivity contribution >= 4 is 28.6 Å². The minimum atomic E-state index is -1.05. The van der Waals surface area contributed by atoms with E-state index >= 15 is 0 Å². The zero-order valence-corrected chi connectivity index (χ0v) is 13.3. The van der Waals surface area contributed by atoms with Crippen LogP contribution in [0.4, 0.5) is 16.0 Å². The third kappa shape index (κ3) is 2.73. The molecule has 4 rings (SSSR count). The van der Waals surface area contributed by atoms with E-state index in [-0.39, 0.29) is 11.4 Å². The van der Waals surface area contributed by atoms with Gasteiger partial charge in [0.1, 0.15) is 11.5 Å². The van der Waals surface area contributed by atoms with Gasteiger partial charge in [0, 0.05) is 30.0 Å². The highest BCUT2D eigenvalue weighted by Gasteiger charge is 2.14. The van der Waals surface area contributed by atoms with Crippen LogP contribution in [0.5, 0.6) is 0 Å². The monoisotopic (exact) mass is 349 g/mol. The van der Waals surface area contributed by atoms with Crippen LogP contribution in [0.15, 0.2) is 61.2 Å². The number of rotatable bonds is 4. The van der Waals surface area contributed by atoms with Crippen molar-refractivity contribution in [3.05, 3.63) is 72.6 Å². The molecule has 0 aromatic carbocycles. The van der Waals surface area contributed by atoms with E-state index in [4.69, 9.17) is 0 Å². The third-order valence-electron chi connectivity index (χ3n) is 3.83. The number of hydrogen-bond acceptors (Lipinski definition) is 5. The van der Waals surface area contributed by atoms with Gasteiger partial charge in [0.25, 0.3) is 0 Å². The van der Waals surface area contributed by atoms with E-state index in [9.17, 15) is 14.3 Å². The maximum absolute atomic E-state index is 14.5. The Morgan fingerprint density at radius 1 is 1.12 bits per heavy atom. The minimum Gasteiger partial charge on any atom is -0.478 e. The van der Waals surface area contributed by atoms with E-state index < -0.39 is 11.8 Å². The first-order chi connectivity index (χ1) is 12.6. The van der Waals surface area contributed by atoms with Crippen LogP contribution in [0.1, 0.15) is 10.4 Å². The molecule has 4 heterocycles. The molecule has 7 nitrogen and oxygen atoms in total. The van der Waals surface area contributed by atoms with Crippen molar-refractivity contribution in [1.29, 1.82) is 0 Å². The lowest BCUT2D eigenvalue weighted by Crippen LogP contribution is -2.02. The molecular weight excluding hydrogens is 337 g/mol. The number of anilines is 2. The molecule has 4 aromatic heterocycles. The molecular formula is C18H12FN5O2. The van der Waals surface area contributed by atoms with E-state index in [0.717, 1.165) is 0 Å². The van der Waals surface area contributed by atoms with Crippen LogP contribution in [0.2, 0.25) is 0 Å². The number of aromatic carboxylic acids is 1. The van der Waals surface area contributed by atoms with E-state index in [0.29, 0.717) is 22.5 Å². The summed E-state index contributed by atoms with van der Waals surface area (Å²) in [5.74, 6) is -1.09. The van der Waals surface area contributed by atoms with Gasteiger partial charge < -0.3 is 10.4 Å². The predicted octanol–water partition coefficient (Wildman–Crippen LogP) is 3.40. The molecule has 0 bridgehead atoms. The number of carboxylic acid groups (broad SMARTS) is 1. The van der Waals surface area contributed by atoms with Crippen molar-refractivity contribution in [3.8, 4) is 5.69 Å². The number of aromatic nitrogens is 4. The van der Waals surface area contributed by atoms with Gasteiger partial charge in [0.2, 0.25) is 0 Å². The molecule has 0 radical (unpaired) electrons. The van der Waals surface area contributed by atoms with Crippen LogP contribution in [0.25, 0.3) is 16.7 Å². The fraction of sp³-hybridized carbons (Fsp3) is 0. The van der Waals surface area contributed by atoms with Crippen molar-refractivity contribution in [3.63, 3.8) is 0 Å². The molecule has 0 aliphatic carbocycles. The Morgan fingerprint density at radius 3 is 2.73 bits per heavy atom. The zero-order valence-electron chi connectivity index (χ0n) is 13.3. The van der Waals surface area contributed by atoms with Crippen molar-refractivity contribution in [1.82, 2.24) is 19.5 Å². The Morgan fingerprint density at radius 2 is 2.00 bits per heavy atom. The molecule has 128 valence electrons. The molecule has 26 heavy (non-hydrogen) atoms. The van der Waals surface area contributed by atoms with Crippen LogP contribution < -0.4 is 5.32 Å². The summed E-state index contributed by atoms with van der Waals surface area (Å²) in [5.41, 5.74) is 0.978. The third-order valence-corrected chi connectivity index (χ3v) is 3.83. The molecule has 2 N–H and O–H groups in total. The quantitative estimate of drug-likeness (QED) is 0.587. The van der Waals surface area contributed by atoms with Crippen LogP contribution in [0.3, 0.4) is 0 Å². The molecule has 8 heteroatoms. The van der Waals surface area contributed by atoms with Gasteiger partial charge in [-0.1, -0.05) is 6.07 Å². The van der Waals surface area contributed by atoms with Gasteiger partial charge in [-0.15, -0.1) is 0 Å². The lowest BCUT2D eigenvalue weighted by molar-refractivity contribution is 0.0699. The summed E-state index contributed by atoms with van der Waals surface area (Å²) >= 11 is 0. The SMILES string of the molecule is O=C(O)c1ccnc2c1ccn2-c1cnc(Nc2ccccn2)c(F)c1. The average Bonchev–Trinajstić information content (AvgIpc) is 3.08. The topological polar surface area (TPSA) is 92.9 Å². The van der Waals surface area contributed by atoms with Crippen molar-refractivity contribution < 1.29 is 14.3 Å². The summed E-state index contributed by atoms with van der Waals surface area (Å²) in [5, 5.41) is 12.5. The van der Waals surface area contributed by atoms with Gasteiger partial charge >= 0.3 is 5.97 Å². The second kappa shape index (κ2) is 6.25. The molecule has 0 atom stereocenters. The lowest BCUT2D eigenvalue weighted by atomic mass is 10.2. The average molecular weight is 349 g/mol. The van der Waals surface area contributed by atoms with Gasteiger partial charge in [0.05, 0.1) is 17.4 Å². The second-order valence-corrected chi connectivity index (χ2v) is 5.45. The number of fused-ring (bicyclic) bond motifs is 1. The molecule has 0 spiro atoms. The Labute approximate surface area is 146 Å². The Kier molecular flexibility index (Phi) is 3.77. The van der Waals surface area contributed by atoms with E-state index in [1.165, 1.54) is 24.5 Å². The number of nitrogens with zero attached hydrogens (tertiary/aromatic N) is 4. The molecule has 4 aromatic rings. The van der Waals surface area contributed by atoms with Crippen molar-refractivity contribution in [2.75, 3.05) is 5.32 Å². The number of carboxylic acids is 1. The molecule has 0 saturated heterocycles. The van der Waals surface area contributed by atoms with Crippen LogP contribution >= 0.6 is 0 Å². The molecule has 0 aliphatic rings. The maximum Gasteiger partial charge on any atom is 0.336 e. The number of nitrogens with one attached hydrogen (secondary N) is 1. The first-order valence-electron chi connectivity index (χ1n) is 7.67.